The van der Waals surface area contributed by atoms with Crippen LogP contribution in [-0.4, -0.2) is 27.0 Å². The number of allylic oxidation sites excluding steroid dienone is 1. The van der Waals surface area contributed by atoms with Gasteiger partial charge in [0, 0.05) is 12.6 Å². The molecule has 1 aromatic carbocycles. The molecule has 0 fully saturated rings. The van der Waals surface area contributed by atoms with Crippen molar-refractivity contribution in [3.8, 4) is 11.5 Å². The first-order chi connectivity index (χ1) is 7.86. The summed E-state index contributed by atoms with van der Waals surface area (Å²) in [6.45, 7) is 0.691. The van der Waals surface area contributed by atoms with Crippen LogP contribution in [0.15, 0.2) is 29.3 Å². The van der Waals surface area contributed by atoms with Crippen LogP contribution in [0.5, 0.6) is 11.5 Å². The summed E-state index contributed by atoms with van der Waals surface area (Å²) in [5.74, 6) is 1.67. The maximum Gasteiger partial charge on any atom is 0.130 e. The summed E-state index contributed by atoms with van der Waals surface area (Å²) in [5, 5.41) is 0. The fraction of sp³-hybridized carbons (Fsp3) is 0.308. The Morgan fingerprint density at radius 1 is 1.12 bits per heavy atom. The maximum absolute atomic E-state index is 5.37. The zero-order chi connectivity index (χ0) is 11.4. The predicted octanol–water partition coefficient (Wildman–Crippen LogP) is 2.56. The van der Waals surface area contributed by atoms with Crippen molar-refractivity contribution in [1.82, 2.24) is 0 Å². The molecular weight excluding hydrogens is 202 g/mol. The van der Waals surface area contributed by atoms with Crippen molar-refractivity contribution in [1.29, 1.82) is 0 Å². The standard InChI is InChI=1S/C13H15NO2/c1-15-11-6-3-7-12(16-2)13(11)10-5-4-8-14-9-10/h3,5-8H,4,9H2,1-2H3. The second kappa shape index (κ2) is 4.84. The van der Waals surface area contributed by atoms with Gasteiger partial charge < -0.3 is 9.47 Å². The third-order valence-electron chi connectivity index (χ3n) is 2.61. The van der Waals surface area contributed by atoms with Gasteiger partial charge in [0.1, 0.15) is 11.5 Å². The molecule has 0 atom stereocenters. The van der Waals surface area contributed by atoms with Crippen LogP contribution in [0, 0.1) is 0 Å². The lowest BCUT2D eigenvalue weighted by Crippen LogP contribution is -2.01. The van der Waals surface area contributed by atoms with Crippen LogP contribution in [0.4, 0.5) is 0 Å². The first-order valence-corrected chi connectivity index (χ1v) is 5.25. The van der Waals surface area contributed by atoms with Crippen LogP contribution in [-0.2, 0) is 0 Å². The minimum atomic E-state index is 0.691. The van der Waals surface area contributed by atoms with E-state index in [9.17, 15) is 0 Å². The molecule has 84 valence electrons. The van der Waals surface area contributed by atoms with Crippen LogP contribution < -0.4 is 9.47 Å². The Kier molecular flexibility index (Phi) is 3.25. The summed E-state index contributed by atoms with van der Waals surface area (Å²) in [6.07, 6.45) is 4.95. The van der Waals surface area contributed by atoms with Gasteiger partial charge in [0.25, 0.3) is 0 Å². The summed E-state index contributed by atoms with van der Waals surface area (Å²) in [4.78, 5) is 4.28. The molecule has 0 saturated heterocycles. The summed E-state index contributed by atoms with van der Waals surface area (Å²) in [7, 11) is 3.34. The summed E-state index contributed by atoms with van der Waals surface area (Å²) in [6, 6.07) is 5.81. The van der Waals surface area contributed by atoms with E-state index >= 15 is 0 Å². The molecule has 2 rings (SSSR count). The number of methoxy groups -OCH3 is 2. The van der Waals surface area contributed by atoms with Crippen molar-refractivity contribution in [3.05, 3.63) is 29.8 Å². The van der Waals surface area contributed by atoms with Gasteiger partial charge in [0.15, 0.2) is 0 Å². The van der Waals surface area contributed by atoms with E-state index in [-0.39, 0.29) is 0 Å². The molecule has 3 heteroatoms. The number of aliphatic imine (C=N–C) groups is 1. The van der Waals surface area contributed by atoms with E-state index in [4.69, 9.17) is 9.47 Å². The molecule has 0 aliphatic carbocycles. The molecule has 0 aromatic heterocycles. The van der Waals surface area contributed by atoms with Crippen LogP contribution in [0.25, 0.3) is 5.57 Å². The van der Waals surface area contributed by atoms with Gasteiger partial charge in [-0.25, -0.2) is 0 Å². The second-order valence-corrected chi connectivity index (χ2v) is 3.53. The number of nitrogens with zero attached hydrogens (tertiary/aromatic N) is 1. The lowest BCUT2D eigenvalue weighted by molar-refractivity contribution is 0.392. The molecule has 1 aliphatic heterocycles. The van der Waals surface area contributed by atoms with Crippen molar-refractivity contribution < 1.29 is 9.47 Å². The minimum absolute atomic E-state index is 0.691. The van der Waals surface area contributed by atoms with Crippen molar-refractivity contribution in [3.63, 3.8) is 0 Å². The predicted molar refractivity (Wildman–Crippen MR) is 65.5 cm³/mol. The molecular formula is C13H15NO2. The summed E-state index contributed by atoms with van der Waals surface area (Å²) < 4.78 is 10.7. The summed E-state index contributed by atoms with van der Waals surface area (Å²) in [5.41, 5.74) is 2.18. The van der Waals surface area contributed by atoms with Gasteiger partial charge in [-0.3, -0.25) is 4.99 Å². The number of benzene rings is 1. The highest BCUT2D eigenvalue weighted by atomic mass is 16.5. The minimum Gasteiger partial charge on any atom is -0.496 e. The van der Waals surface area contributed by atoms with E-state index in [0.717, 1.165) is 29.1 Å². The molecule has 1 heterocycles. The van der Waals surface area contributed by atoms with Crippen molar-refractivity contribution in [2.75, 3.05) is 20.8 Å². The quantitative estimate of drug-likeness (QED) is 0.779. The first kappa shape index (κ1) is 10.7. The van der Waals surface area contributed by atoms with Gasteiger partial charge >= 0.3 is 0 Å². The normalized spacial score (nSPS) is 14.5. The molecule has 0 unspecified atom stereocenters. The van der Waals surface area contributed by atoms with E-state index in [1.807, 2.05) is 24.4 Å². The van der Waals surface area contributed by atoms with Gasteiger partial charge in [0.05, 0.1) is 26.3 Å². The highest BCUT2D eigenvalue weighted by Gasteiger charge is 2.14. The Balaban J connectivity index is 2.47. The lowest BCUT2D eigenvalue weighted by Gasteiger charge is -2.16. The van der Waals surface area contributed by atoms with E-state index in [1.165, 1.54) is 0 Å². The molecule has 0 bridgehead atoms. The Morgan fingerprint density at radius 3 is 2.31 bits per heavy atom. The summed E-state index contributed by atoms with van der Waals surface area (Å²) >= 11 is 0. The number of hydrogen-bond donors (Lipinski definition) is 0. The fourth-order valence-electron chi connectivity index (χ4n) is 1.85. The molecule has 0 radical (unpaired) electrons. The Morgan fingerprint density at radius 2 is 1.81 bits per heavy atom. The largest absolute Gasteiger partial charge is 0.496 e. The zero-order valence-corrected chi connectivity index (χ0v) is 9.56. The number of hydrogen-bond acceptors (Lipinski definition) is 3. The number of dihydropyridines is 1. The molecule has 1 aromatic rings. The first-order valence-electron chi connectivity index (χ1n) is 5.25. The average Bonchev–Trinajstić information content (AvgIpc) is 2.38. The van der Waals surface area contributed by atoms with Gasteiger partial charge in [-0.15, -0.1) is 0 Å². The molecule has 16 heavy (non-hydrogen) atoms. The maximum atomic E-state index is 5.37. The highest BCUT2D eigenvalue weighted by Crippen LogP contribution is 2.35. The number of rotatable bonds is 3. The molecule has 0 saturated carbocycles. The highest BCUT2D eigenvalue weighted by molar-refractivity contribution is 5.81. The molecule has 0 spiro atoms. The third-order valence-corrected chi connectivity index (χ3v) is 2.61. The Bertz CT molecular complexity index is 413. The molecule has 1 aliphatic rings. The average molecular weight is 217 g/mol. The third kappa shape index (κ3) is 1.94. The van der Waals surface area contributed by atoms with Gasteiger partial charge in [-0.05, 0) is 17.7 Å². The molecule has 3 nitrogen and oxygen atoms in total. The van der Waals surface area contributed by atoms with Gasteiger partial charge in [-0.1, -0.05) is 12.1 Å². The SMILES string of the molecule is COc1cccc(OC)c1C1=CCC=NC1. The Hall–Kier alpha value is -1.77. The smallest absolute Gasteiger partial charge is 0.130 e. The van der Waals surface area contributed by atoms with Crippen molar-refractivity contribution >= 4 is 11.8 Å². The van der Waals surface area contributed by atoms with Gasteiger partial charge in [0.2, 0.25) is 0 Å². The van der Waals surface area contributed by atoms with E-state index in [2.05, 4.69) is 11.1 Å². The van der Waals surface area contributed by atoms with Crippen LogP contribution in [0.3, 0.4) is 0 Å². The van der Waals surface area contributed by atoms with E-state index in [0.29, 0.717) is 6.54 Å². The lowest BCUT2D eigenvalue weighted by atomic mass is 10.0. The van der Waals surface area contributed by atoms with Crippen LogP contribution in [0.1, 0.15) is 12.0 Å². The molecule has 0 N–H and O–H groups in total. The van der Waals surface area contributed by atoms with Crippen LogP contribution >= 0.6 is 0 Å². The van der Waals surface area contributed by atoms with E-state index < -0.39 is 0 Å². The van der Waals surface area contributed by atoms with Gasteiger partial charge in [-0.2, -0.15) is 0 Å². The van der Waals surface area contributed by atoms with Crippen molar-refractivity contribution in [2.45, 2.75) is 6.42 Å². The Labute approximate surface area is 95.4 Å². The van der Waals surface area contributed by atoms with Crippen molar-refractivity contribution in [2.24, 2.45) is 4.99 Å². The van der Waals surface area contributed by atoms with Crippen LogP contribution in [0.2, 0.25) is 0 Å². The van der Waals surface area contributed by atoms with E-state index in [1.54, 1.807) is 14.2 Å². The fourth-order valence-corrected chi connectivity index (χ4v) is 1.85. The topological polar surface area (TPSA) is 30.8 Å². The molecule has 0 amide bonds. The monoisotopic (exact) mass is 217 g/mol. The zero-order valence-electron chi connectivity index (χ0n) is 9.56. The number of ether oxygens (including phenoxy) is 2. The second-order valence-electron chi connectivity index (χ2n) is 3.53.